The van der Waals surface area contributed by atoms with Gasteiger partial charge in [-0.15, -0.1) is 12.4 Å². The van der Waals surface area contributed by atoms with Crippen molar-refractivity contribution in [2.75, 3.05) is 13.2 Å². The van der Waals surface area contributed by atoms with E-state index < -0.39 is 23.8 Å². The third-order valence-electron chi connectivity index (χ3n) is 4.49. The SMILES string of the molecule is Cl.N[C@@H](Cc1cc(F)cc(F)c1)[C@H](O)CN[C@H]1CCOc2ccc(O)cc21. The van der Waals surface area contributed by atoms with Crippen LogP contribution in [0.4, 0.5) is 8.78 Å². The Labute approximate surface area is 162 Å². The Balaban J connectivity index is 0.00000261. The fourth-order valence-corrected chi connectivity index (χ4v) is 3.15. The van der Waals surface area contributed by atoms with Crippen LogP contribution < -0.4 is 15.8 Å². The lowest BCUT2D eigenvalue weighted by Gasteiger charge is -2.29. The zero-order chi connectivity index (χ0) is 18.7. The van der Waals surface area contributed by atoms with Gasteiger partial charge >= 0.3 is 0 Å². The maximum atomic E-state index is 13.3. The number of nitrogens with one attached hydrogen (secondary N) is 1. The summed E-state index contributed by atoms with van der Waals surface area (Å²) < 4.78 is 32.1. The van der Waals surface area contributed by atoms with Gasteiger partial charge in [0.1, 0.15) is 23.1 Å². The average Bonchev–Trinajstić information content (AvgIpc) is 2.58. The molecular formula is C19H23ClF2N2O3. The first-order chi connectivity index (χ1) is 12.4. The smallest absolute Gasteiger partial charge is 0.126 e. The fraction of sp³-hybridized carbons (Fsp3) is 0.368. The zero-order valence-corrected chi connectivity index (χ0v) is 15.4. The van der Waals surface area contributed by atoms with E-state index in [4.69, 9.17) is 10.5 Å². The summed E-state index contributed by atoms with van der Waals surface area (Å²) in [6.45, 7) is 0.735. The van der Waals surface area contributed by atoms with Gasteiger partial charge in [-0.25, -0.2) is 8.78 Å². The molecule has 1 aliphatic heterocycles. The van der Waals surface area contributed by atoms with Gasteiger partial charge < -0.3 is 26.0 Å². The molecule has 0 radical (unpaired) electrons. The number of nitrogens with two attached hydrogens (primary N) is 1. The molecule has 2 aromatic rings. The number of benzene rings is 2. The standard InChI is InChI=1S/C19H22F2N2O3.ClH/c20-12-5-11(6-13(21)8-12)7-16(22)18(25)10-23-17-3-4-26-19-2-1-14(24)9-15(17)19;/h1-2,5-6,8-9,16-18,23-25H,3-4,7,10,22H2;1H/t16-,17-,18+;/m0./s1. The maximum Gasteiger partial charge on any atom is 0.126 e. The molecule has 27 heavy (non-hydrogen) atoms. The second-order valence-corrected chi connectivity index (χ2v) is 6.53. The third kappa shape index (κ3) is 5.52. The van der Waals surface area contributed by atoms with Crippen molar-refractivity contribution in [2.45, 2.75) is 31.0 Å². The van der Waals surface area contributed by atoms with Crippen molar-refractivity contribution in [3.63, 3.8) is 0 Å². The lowest BCUT2D eigenvalue weighted by molar-refractivity contribution is 0.133. The highest BCUT2D eigenvalue weighted by molar-refractivity contribution is 5.85. The highest BCUT2D eigenvalue weighted by Crippen LogP contribution is 2.34. The first-order valence-electron chi connectivity index (χ1n) is 8.50. The Morgan fingerprint density at radius 3 is 2.59 bits per heavy atom. The Kier molecular flexibility index (Phi) is 7.38. The number of fused-ring (bicyclic) bond motifs is 1. The second-order valence-electron chi connectivity index (χ2n) is 6.53. The molecule has 2 aromatic carbocycles. The Hall–Kier alpha value is -1.93. The van der Waals surface area contributed by atoms with E-state index in [1.807, 2.05) is 0 Å². The zero-order valence-electron chi connectivity index (χ0n) is 14.6. The lowest BCUT2D eigenvalue weighted by Crippen LogP contribution is -2.44. The highest BCUT2D eigenvalue weighted by Gasteiger charge is 2.24. The maximum absolute atomic E-state index is 13.3. The minimum Gasteiger partial charge on any atom is -0.508 e. The molecule has 148 valence electrons. The van der Waals surface area contributed by atoms with E-state index in [2.05, 4.69) is 5.32 Å². The summed E-state index contributed by atoms with van der Waals surface area (Å²) in [6, 6.07) is 7.36. The van der Waals surface area contributed by atoms with Crippen LogP contribution in [0.15, 0.2) is 36.4 Å². The first kappa shape index (κ1) is 21.4. The molecule has 0 unspecified atom stereocenters. The minimum absolute atomic E-state index is 0. The van der Waals surface area contributed by atoms with Gasteiger partial charge in [-0.3, -0.25) is 0 Å². The van der Waals surface area contributed by atoms with Crippen LogP contribution in [0.1, 0.15) is 23.6 Å². The number of hydrogen-bond donors (Lipinski definition) is 4. The fourth-order valence-electron chi connectivity index (χ4n) is 3.15. The van der Waals surface area contributed by atoms with Crippen molar-refractivity contribution in [2.24, 2.45) is 5.73 Å². The van der Waals surface area contributed by atoms with E-state index in [0.29, 0.717) is 24.3 Å². The summed E-state index contributed by atoms with van der Waals surface area (Å²) in [5.41, 5.74) is 7.21. The lowest BCUT2D eigenvalue weighted by atomic mass is 9.98. The third-order valence-corrected chi connectivity index (χ3v) is 4.49. The molecule has 3 rings (SSSR count). The van der Waals surface area contributed by atoms with E-state index in [-0.39, 0.29) is 37.2 Å². The molecule has 0 fully saturated rings. The van der Waals surface area contributed by atoms with E-state index >= 15 is 0 Å². The summed E-state index contributed by atoms with van der Waals surface area (Å²) in [5, 5.41) is 23.2. The molecule has 5 N–H and O–H groups in total. The molecule has 0 spiro atoms. The molecule has 0 aliphatic carbocycles. The van der Waals surface area contributed by atoms with E-state index in [1.54, 1.807) is 18.2 Å². The number of phenols is 1. The van der Waals surface area contributed by atoms with Gasteiger partial charge in [0.2, 0.25) is 0 Å². The van der Waals surface area contributed by atoms with Crippen molar-refractivity contribution in [1.82, 2.24) is 5.32 Å². The van der Waals surface area contributed by atoms with Gasteiger partial charge in [-0.05, 0) is 42.3 Å². The molecule has 8 heteroatoms. The summed E-state index contributed by atoms with van der Waals surface area (Å²) >= 11 is 0. The molecule has 1 heterocycles. The first-order valence-corrected chi connectivity index (χ1v) is 8.50. The van der Waals surface area contributed by atoms with Gasteiger partial charge in [0.05, 0.1) is 12.7 Å². The van der Waals surface area contributed by atoms with E-state index in [1.165, 1.54) is 12.1 Å². The second kappa shape index (κ2) is 9.32. The van der Waals surface area contributed by atoms with E-state index in [9.17, 15) is 19.0 Å². The topological polar surface area (TPSA) is 87.7 Å². The molecular weight excluding hydrogens is 378 g/mol. The number of rotatable bonds is 6. The molecule has 3 atom stereocenters. The van der Waals surface area contributed by atoms with Gasteiger partial charge in [0.25, 0.3) is 0 Å². The molecule has 5 nitrogen and oxygen atoms in total. The van der Waals surface area contributed by atoms with Crippen molar-refractivity contribution in [1.29, 1.82) is 0 Å². The van der Waals surface area contributed by atoms with E-state index in [0.717, 1.165) is 11.6 Å². The number of aliphatic hydroxyl groups is 1. The summed E-state index contributed by atoms with van der Waals surface area (Å²) in [4.78, 5) is 0. The Bertz CT molecular complexity index is 758. The Morgan fingerprint density at radius 1 is 1.19 bits per heavy atom. The number of aliphatic hydroxyl groups excluding tert-OH is 1. The van der Waals surface area contributed by atoms with Crippen molar-refractivity contribution in [3.8, 4) is 11.5 Å². The van der Waals surface area contributed by atoms with Crippen LogP contribution >= 0.6 is 12.4 Å². The van der Waals surface area contributed by atoms with Crippen molar-refractivity contribution < 1.29 is 23.7 Å². The number of aromatic hydroxyl groups is 1. The number of phenolic OH excluding ortho intramolecular Hbond substituents is 1. The van der Waals surface area contributed by atoms with Crippen LogP contribution in [0, 0.1) is 11.6 Å². The van der Waals surface area contributed by atoms with Crippen LogP contribution in [0.5, 0.6) is 11.5 Å². The molecule has 0 aromatic heterocycles. The molecule has 0 saturated heterocycles. The van der Waals surface area contributed by atoms with Gasteiger partial charge in [-0.2, -0.15) is 0 Å². The number of halogens is 3. The van der Waals surface area contributed by atoms with Gasteiger partial charge in [0.15, 0.2) is 0 Å². The Morgan fingerprint density at radius 2 is 1.89 bits per heavy atom. The quantitative estimate of drug-likeness (QED) is 0.598. The van der Waals surface area contributed by atoms with Crippen molar-refractivity contribution in [3.05, 3.63) is 59.2 Å². The number of ether oxygens (including phenoxy) is 1. The molecule has 0 bridgehead atoms. The number of hydrogen-bond acceptors (Lipinski definition) is 5. The van der Waals surface area contributed by atoms with Crippen LogP contribution in [0.25, 0.3) is 0 Å². The predicted octanol–water partition coefficient (Wildman–Crippen LogP) is 2.44. The minimum atomic E-state index is -0.898. The summed E-state index contributed by atoms with van der Waals surface area (Å²) in [7, 11) is 0. The van der Waals surface area contributed by atoms with Gasteiger partial charge in [0, 0.05) is 36.7 Å². The monoisotopic (exact) mass is 400 g/mol. The van der Waals surface area contributed by atoms with Crippen LogP contribution in [-0.2, 0) is 6.42 Å². The average molecular weight is 401 g/mol. The van der Waals surface area contributed by atoms with Gasteiger partial charge in [-0.1, -0.05) is 0 Å². The van der Waals surface area contributed by atoms with Crippen molar-refractivity contribution >= 4 is 12.4 Å². The highest BCUT2D eigenvalue weighted by atomic mass is 35.5. The van der Waals surface area contributed by atoms with Crippen LogP contribution in [0.3, 0.4) is 0 Å². The van der Waals surface area contributed by atoms with Crippen LogP contribution in [-0.4, -0.2) is 35.5 Å². The predicted molar refractivity (Wildman–Crippen MR) is 100 cm³/mol. The largest absolute Gasteiger partial charge is 0.508 e. The summed E-state index contributed by atoms with van der Waals surface area (Å²) in [6.07, 6.45) is -0.0548. The molecule has 0 amide bonds. The van der Waals surface area contributed by atoms with Crippen LogP contribution in [0.2, 0.25) is 0 Å². The molecule has 1 aliphatic rings. The molecule has 0 saturated carbocycles. The summed E-state index contributed by atoms with van der Waals surface area (Å²) in [5.74, 6) is -0.496. The normalized spacial score (nSPS) is 18.0.